The van der Waals surface area contributed by atoms with Gasteiger partial charge < -0.3 is 19.9 Å². The van der Waals surface area contributed by atoms with Crippen LogP contribution in [0.1, 0.15) is 41.9 Å². The second-order valence-corrected chi connectivity index (χ2v) is 7.79. The zero-order chi connectivity index (χ0) is 19.0. The summed E-state index contributed by atoms with van der Waals surface area (Å²) in [6.45, 7) is 6.29. The van der Waals surface area contributed by atoms with Crippen LogP contribution in [0.5, 0.6) is 0 Å². The Morgan fingerprint density at radius 2 is 2.07 bits per heavy atom. The lowest BCUT2D eigenvalue weighted by atomic mass is 9.87. The number of aryl methyl sites for hydroxylation is 1. The van der Waals surface area contributed by atoms with E-state index >= 15 is 0 Å². The van der Waals surface area contributed by atoms with E-state index in [2.05, 4.69) is 23.3 Å². The minimum Gasteiger partial charge on any atom is -0.378 e. The molecule has 0 spiro atoms. The van der Waals surface area contributed by atoms with Crippen molar-refractivity contribution in [2.75, 3.05) is 26.3 Å². The zero-order valence-electron chi connectivity index (χ0n) is 16.0. The Morgan fingerprint density at radius 3 is 2.85 bits per heavy atom. The molecule has 1 saturated heterocycles. The van der Waals surface area contributed by atoms with E-state index in [1.54, 1.807) is 11.8 Å². The molecule has 2 aromatic rings. The maximum atomic E-state index is 12.9. The van der Waals surface area contributed by atoms with Crippen molar-refractivity contribution in [2.24, 2.45) is 5.92 Å². The predicted molar refractivity (Wildman–Crippen MR) is 104 cm³/mol. The van der Waals surface area contributed by atoms with Gasteiger partial charge in [-0.15, -0.1) is 0 Å². The molecule has 0 radical (unpaired) electrons. The summed E-state index contributed by atoms with van der Waals surface area (Å²) in [5, 5.41) is 4.02. The van der Waals surface area contributed by atoms with Crippen molar-refractivity contribution in [1.82, 2.24) is 15.2 Å². The van der Waals surface area contributed by atoms with E-state index in [0.29, 0.717) is 37.8 Å². The topological polar surface area (TPSA) is 74.4 Å². The van der Waals surface area contributed by atoms with Crippen LogP contribution in [0.25, 0.3) is 10.9 Å². The monoisotopic (exact) mass is 369 g/mol. The molecule has 0 bridgehead atoms. The molecule has 2 amide bonds. The van der Waals surface area contributed by atoms with Crippen LogP contribution in [0.2, 0.25) is 0 Å². The average Bonchev–Trinajstić information content (AvgIpc) is 3.05. The highest BCUT2D eigenvalue weighted by Gasteiger charge is 2.26. The average molecular weight is 369 g/mol. The Balaban J connectivity index is 1.55. The number of aromatic nitrogens is 1. The highest BCUT2D eigenvalue weighted by atomic mass is 16.5. The van der Waals surface area contributed by atoms with E-state index in [4.69, 9.17) is 4.74 Å². The highest BCUT2D eigenvalue weighted by Crippen LogP contribution is 2.32. The van der Waals surface area contributed by atoms with Crippen molar-refractivity contribution in [3.8, 4) is 0 Å². The van der Waals surface area contributed by atoms with Gasteiger partial charge in [0.2, 0.25) is 5.91 Å². The van der Waals surface area contributed by atoms with Crippen LogP contribution in [0, 0.1) is 5.92 Å². The fraction of sp³-hybridized carbons (Fsp3) is 0.524. The molecule has 2 heterocycles. The molecule has 6 nitrogen and oxygen atoms in total. The number of H-pyrrole nitrogens is 1. The van der Waals surface area contributed by atoms with Gasteiger partial charge in [-0.05, 0) is 43.7 Å². The number of rotatable bonds is 3. The first-order chi connectivity index (χ1) is 13.0. The van der Waals surface area contributed by atoms with E-state index in [0.717, 1.165) is 23.7 Å². The Bertz CT molecular complexity index is 867. The van der Waals surface area contributed by atoms with Gasteiger partial charge in [-0.25, -0.2) is 0 Å². The first-order valence-corrected chi connectivity index (χ1v) is 9.84. The number of nitrogens with one attached hydrogen (secondary N) is 2. The standard InChI is InChI=1S/C21H27N3O3/c1-13-6-7-18-17(12-13)15-4-3-5-16(19(15)23-18)20(25)22-14(2)21(26)24-8-10-27-11-9-24/h3-5,13-14,23H,6-12H2,1-2H3,(H,22,25)/t13-,14-/m1/s1. The molecule has 1 aliphatic heterocycles. The van der Waals surface area contributed by atoms with Crippen LogP contribution in [-0.4, -0.2) is 54.0 Å². The maximum absolute atomic E-state index is 12.9. The SMILES string of the molecule is C[C@@H]1CCc2[nH]c3c(C(=O)N[C@H](C)C(=O)N4CCOCC4)cccc3c2C1. The van der Waals surface area contributed by atoms with Crippen LogP contribution in [0.4, 0.5) is 0 Å². The number of aromatic amines is 1. The van der Waals surface area contributed by atoms with Gasteiger partial charge in [0.05, 0.1) is 24.3 Å². The van der Waals surface area contributed by atoms with Crippen LogP contribution < -0.4 is 5.32 Å². The smallest absolute Gasteiger partial charge is 0.254 e. The molecule has 2 aliphatic rings. The fourth-order valence-corrected chi connectivity index (χ4v) is 4.20. The normalized spacial score (nSPS) is 21.0. The summed E-state index contributed by atoms with van der Waals surface area (Å²) in [7, 11) is 0. The molecule has 2 atom stereocenters. The zero-order valence-corrected chi connectivity index (χ0v) is 16.0. The number of amides is 2. The molecule has 6 heteroatoms. The van der Waals surface area contributed by atoms with Gasteiger partial charge in [-0.3, -0.25) is 9.59 Å². The van der Waals surface area contributed by atoms with Gasteiger partial charge in [0.1, 0.15) is 6.04 Å². The number of carbonyl (C=O) groups excluding carboxylic acids is 2. The summed E-state index contributed by atoms with van der Waals surface area (Å²) >= 11 is 0. The van der Waals surface area contributed by atoms with Crippen molar-refractivity contribution in [2.45, 2.75) is 39.2 Å². The fourth-order valence-electron chi connectivity index (χ4n) is 4.20. The van der Waals surface area contributed by atoms with Gasteiger partial charge in [-0.1, -0.05) is 19.1 Å². The molecule has 2 N–H and O–H groups in total. The molecule has 1 fully saturated rings. The lowest BCUT2D eigenvalue weighted by Gasteiger charge is -2.29. The van der Waals surface area contributed by atoms with Gasteiger partial charge in [-0.2, -0.15) is 0 Å². The minimum absolute atomic E-state index is 0.0570. The molecule has 1 aromatic carbocycles. The van der Waals surface area contributed by atoms with Crippen molar-refractivity contribution < 1.29 is 14.3 Å². The van der Waals surface area contributed by atoms with Gasteiger partial charge in [0.25, 0.3) is 5.91 Å². The number of fused-ring (bicyclic) bond motifs is 3. The van der Waals surface area contributed by atoms with E-state index in [1.165, 1.54) is 17.7 Å². The predicted octanol–water partition coefficient (Wildman–Crippen LogP) is 2.27. The summed E-state index contributed by atoms with van der Waals surface area (Å²) < 4.78 is 5.29. The summed E-state index contributed by atoms with van der Waals surface area (Å²) in [4.78, 5) is 30.7. The van der Waals surface area contributed by atoms with Gasteiger partial charge in [0, 0.05) is 24.2 Å². The molecule has 1 aromatic heterocycles. The minimum atomic E-state index is -0.560. The molecular weight excluding hydrogens is 342 g/mol. The van der Waals surface area contributed by atoms with E-state index in [-0.39, 0.29) is 11.8 Å². The van der Waals surface area contributed by atoms with Crippen LogP contribution in [0.15, 0.2) is 18.2 Å². The lowest BCUT2D eigenvalue weighted by molar-refractivity contribution is -0.136. The molecule has 1 aliphatic carbocycles. The molecule has 4 rings (SSSR count). The first kappa shape index (κ1) is 18.0. The van der Waals surface area contributed by atoms with Gasteiger partial charge >= 0.3 is 0 Å². The number of morpholine rings is 1. The van der Waals surface area contributed by atoms with Crippen molar-refractivity contribution >= 4 is 22.7 Å². The number of benzene rings is 1. The van der Waals surface area contributed by atoms with Crippen LogP contribution in [0.3, 0.4) is 0 Å². The maximum Gasteiger partial charge on any atom is 0.254 e. The van der Waals surface area contributed by atoms with E-state index < -0.39 is 6.04 Å². The summed E-state index contributed by atoms with van der Waals surface area (Å²) in [6, 6.07) is 5.28. The van der Waals surface area contributed by atoms with Crippen LogP contribution in [-0.2, 0) is 22.4 Å². The molecule has 144 valence electrons. The second-order valence-electron chi connectivity index (χ2n) is 7.79. The lowest BCUT2D eigenvalue weighted by Crippen LogP contribution is -2.50. The van der Waals surface area contributed by atoms with Crippen molar-refractivity contribution in [1.29, 1.82) is 0 Å². The van der Waals surface area contributed by atoms with Crippen LogP contribution >= 0.6 is 0 Å². The van der Waals surface area contributed by atoms with Crippen molar-refractivity contribution in [3.63, 3.8) is 0 Å². The quantitative estimate of drug-likeness (QED) is 0.872. The third-order valence-electron chi connectivity index (χ3n) is 5.75. The Kier molecular flexibility index (Phi) is 4.91. The number of nitrogens with zero attached hydrogens (tertiary/aromatic N) is 1. The summed E-state index contributed by atoms with van der Waals surface area (Å²) in [6.07, 6.45) is 3.25. The number of ether oxygens (including phenoxy) is 1. The Morgan fingerprint density at radius 1 is 1.30 bits per heavy atom. The Hall–Kier alpha value is -2.34. The number of para-hydroxylation sites is 1. The number of hydrogen-bond acceptors (Lipinski definition) is 3. The summed E-state index contributed by atoms with van der Waals surface area (Å²) in [5.74, 6) is 0.403. The first-order valence-electron chi connectivity index (χ1n) is 9.84. The second kappa shape index (κ2) is 7.35. The van der Waals surface area contributed by atoms with Crippen molar-refractivity contribution in [3.05, 3.63) is 35.0 Å². The largest absolute Gasteiger partial charge is 0.378 e. The molecule has 27 heavy (non-hydrogen) atoms. The summed E-state index contributed by atoms with van der Waals surface area (Å²) in [5.41, 5.74) is 4.09. The third-order valence-corrected chi connectivity index (χ3v) is 5.75. The van der Waals surface area contributed by atoms with E-state index in [1.807, 2.05) is 12.1 Å². The molecular formula is C21H27N3O3. The van der Waals surface area contributed by atoms with E-state index in [9.17, 15) is 9.59 Å². The Labute approximate surface area is 159 Å². The highest BCUT2D eigenvalue weighted by molar-refractivity contribution is 6.08. The number of hydrogen-bond donors (Lipinski definition) is 2. The third kappa shape index (κ3) is 3.46. The van der Waals surface area contributed by atoms with Gasteiger partial charge in [0.15, 0.2) is 0 Å². The molecule has 0 unspecified atom stereocenters. The molecule has 0 saturated carbocycles. The number of carbonyl (C=O) groups is 2.